The highest BCUT2D eigenvalue weighted by Crippen LogP contribution is 2.02. The van der Waals surface area contributed by atoms with E-state index in [0.29, 0.717) is 11.2 Å². The molecule has 0 saturated heterocycles. The summed E-state index contributed by atoms with van der Waals surface area (Å²) in [5.74, 6) is -0.762. The van der Waals surface area contributed by atoms with Crippen molar-refractivity contribution in [2.45, 2.75) is 0 Å². The van der Waals surface area contributed by atoms with Gasteiger partial charge in [0, 0.05) is 6.20 Å². The number of hydrogen-bond donors (Lipinski definition) is 1. The number of nitrogens with zero attached hydrogens (tertiary/aromatic N) is 2. The second-order valence-electron chi connectivity index (χ2n) is 2.78. The summed E-state index contributed by atoms with van der Waals surface area (Å²) in [5, 5.41) is 0. The van der Waals surface area contributed by atoms with Crippen molar-refractivity contribution in [1.82, 2.24) is 15.0 Å². The van der Waals surface area contributed by atoms with E-state index in [2.05, 4.69) is 19.7 Å². The summed E-state index contributed by atoms with van der Waals surface area (Å²) in [5.41, 5.74) is -0.0845. The Hall–Kier alpha value is -2.24. The molecule has 2 aromatic rings. The molecule has 0 aliphatic heterocycles. The van der Waals surface area contributed by atoms with Crippen LogP contribution in [-0.2, 0) is 4.74 Å². The predicted octanol–water partition coefficient (Wildman–Crippen LogP) is 0.105. The molecular formula is C9H7N3O3. The molecule has 0 fully saturated rings. The van der Waals surface area contributed by atoms with E-state index >= 15 is 0 Å². The van der Waals surface area contributed by atoms with Gasteiger partial charge in [-0.25, -0.2) is 14.8 Å². The molecule has 2 rings (SSSR count). The van der Waals surface area contributed by atoms with Gasteiger partial charge in [0.25, 0.3) is 5.56 Å². The Morgan fingerprint density at radius 2 is 2.33 bits per heavy atom. The maximum absolute atomic E-state index is 11.4. The van der Waals surface area contributed by atoms with E-state index < -0.39 is 11.5 Å². The molecule has 0 saturated carbocycles. The van der Waals surface area contributed by atoms with Gasteiger partial charge in [0.15, 0.2) is 5.65 Å². The van der Waals surface area contributed by atoms with Crippen LogP contribution in [0.2, 0.25) is 0 Å². The summed E-state index contributed by atoms with van der Waals surface area (Å²) in [6.07, 6.45) is 1.53. The third-order valence-corrected chi connectivity index (χ3v) is 1.84. The number of pyridine rings is 1. The molecule has 0 radical (unpaired) electrons. The molecular weight excluding hydrogens is 198 g/mol. The molecule has 2 aromatic heterocycles. The molecule has 0 spiro atoms. The molecule has 0 bridgehead atoms. The number of ether oxygens (including phenoxy) is 1. The standard InChI is InChI=1S/C9H7N3O3/c1-15-9(14)6-8(13)12-7-5(11-6)3-2-4-10-7/h2-4H,1H3,(H,10,12,13). The van der Waals surface area contributed by atoms with Crippen LogP contribution in [0.1, 0.15) is 10.5 Å². The van der Waals surface area contributed by atoms with Gasteiger partial charge in [-0.05, 0) is 12.1 Å². The number of rotatable bonds is 1. The van der Waals surface area contributed by atoms with Gasteiger partial charge in [-0.2, -0.15) is 0 Å². The number of aromatic nitrogens is 3. The average molecular weight is 205 g/mol. The summed E-state index contributed by atoms with van der Waals surface area (Å²) in [7, 11) is 1.19. The molecule has 0 amide bonds. The summed E-state index contributed by atoms with van der Waals surface area (Å²) in [4.78, 5) is 32.7. The monoisotopic (exact) mass is 205 g/mol. The van der Waals surface area contributed by atoms with Crippen LogP contribution < -0.4 is 5.56 Å². The Morgan fingerprint density at radius 3 is 3.07 bits per heavy atom. The number of aromatic amines is 1. The van der Waals surface area contributed by atoms with Gasteiger partial charge in [0.05, 0.1) is 7.11 Å². The highest BCUT2D eigenvalue weighted by atomic mass is 16.5. The quantitative estimate of drug-likeness (QED) is 0.667. The lowest BCUT2D eigenvalue weighted by atomic mass is 10.4. The first-order valence-corrected chi connectivity index (χ1v) is 4.15. The molecule has 0 unspecified atom stereocenters. The van der Waals surface area contributed by atoms with Crippen molar-refractivity contribution in [1.29, 1.82) is 0 Å². The molecule has 2 heterocycles. The van der Waals surface area contributed by atoms with Crippen LogP contribution >= 0.6 is 0 Å². The highest BCUT2D eigenvalue weighted by molar-refractivity contribution is 5.88. The van der Waals surface area contributed by atoms with Crippen LogP contribution in [-0.4, -0.2) is 28.0 Å². The van der Waals surface area contributed by atoms with E-state index in [9.17, 15) is 9.59 Å². The van der Waals surface area contributed by atoms with Gasteiger partial charge in [0.2, 0.25) is 5.69 Å². The summed E-state index contributed by atoms with van der Waals surface area (Å²) < 4.78 is 4.42. The van der Waals surface area contributed by atoms with Crippen LogP contribution in [0, 0.1) is 0 Å². The minimum absolute atomic E-state index is 0.266. The zero-order valence-corrected chi connectivity index (χ0v) is 7.85. The minimum atomic E-state index is -0.762. The molecule has 0 atom stereocenters. The SMILES string of the molecule is COC(=O)c1nc2cccnc2[nH]c1=O. The van der Waals surface area contributed by atoms with E-state index in [0.717, 1.165) is 0 Å². The molecule has 0 aromatic carbocycles. The first kappa shape index (κ1) is 9.32. The first-order valence-electron chi connectivity index (χ1n) is 4.15. The number of carbonyl (C=O) groups excluding carboxylic acids is 1. The summed E-state index contributed by atoms with van der Waals surface area (Å²) in [6, 6.07) is 3.30. The number of fused-ring (bicyclic) bond motifs is 1. The van der Waals surface area contributed by atoms with E-state index in [4.69, 9.17) is 0 Å². The van der Waals surface area contributed by atoms with Crippen molar-refractivity contribution in [3.63, 3.8) is 0 Å². The van der Waals surface area contributed by atoms with Crippen LogP contribution in [0.25, 0.3) is 11.2 Å². The van der Waals surface area contributed by atoms with Gasteiger partial charge in [-0.15, -0.1) is 0 Å². The molecule has 6 heteroatoms. The molecule has 76 valence electrons. The van der Waals surface area contributed by atoms with Crippen molar-refractivity contribution < 1.29 is 9.53 Å². The third kappa shape index (κ3) is 1.56. The van der Waals surface area contributed by atoms with E-state index in [-0.39, 0.29) is 5.69 Å². The lowest BCUT2D eigenvalue weighted by molar-refractivity contribution is 0.0592. The van der Waals surface area contributed by atoms with Crippen LogP contribution in [0.3, 0.4) is 0 Å². The van der Waals surface area contributed by atoms with Crippen LogP contribution in [0.5, 0.6) is 0 Å². The first-order chi connectivity index (χ1) is 7.22. The number of esters is 1. The van der Waals surface area contributed by atoms with Crippen LogP contribution in [0.4, 0.5) is 0 Å². The van der Waals surface area contributed by atoms with Gasteiger partial charge < -0.3 is 9.72 Å². The fourth-order valence-corrected chi connectivity index (χ4v) is 1.16. The Bertz CT molecular complexity index is 576. The lowest BCUT2D eigenvalue weighted by Gasteiger charge is -1.99. The molecule has 0 aliphatic carbocycles. The van der Waals surface area contributed by atoms with E-state index in [1.54, 1.807) is 12.1 Å². The molecule has 15 heavy (non-hydrogen) atoms. The minimum Gasteiger partial charge on any atom is -0.464 e. The zero-order valence-electron chi connectivity index (χ0n) is 7.85. The topological polar surface area (TPSA) is 84.9 Å². The Balaban J connectivity index is 2.73. The normalized spacial score (nSPS) is 10.2. The fraction of sp³-hybridized carbons (Fsp3) is 0.111. The van der Waals surface area contributed by atoms with Crippen LogP contribution in [0.15, 0.2) is 23.1 Å². The Labute approximate surface area is 83.9 Å². The maximum Gasteiger partial charge on any atom is 0.362 e. The predicted molar refractivity (Wildman–Crippen MR) is 51.5 cm³/mol. The largest absolute Gasteiger partial charge is 0.464 e. The van der Waals surface area contributed by atoms with E-state index in [1.807, 2.05) is 0 Å². The van der Waals surface area contributed by atoms with Gasteiger partial charge in [-0.1, -0.05) is 0 Å². The molecule has 1 N–H and O–H groups in total. The summed E-state index contributed by atoms with van der Waals surface area (Å²) >= 11 is 0. The van der Waals surface area contributed by atoms with Crippen molar-refractivity contribution >= 4 is 17.1 Å². The second kappa shape index (κ2) is 3.49. The van der Waals surface area contributed by atoms with Crippen molar-refractivity contribution in [2.24, 2.45) is 0 Å². The molecule has 6 nitrogen and oxygen atoms in total. The summed E-state index contributed by atoms with van der Waals surface area (Å²) in [6.45, 7) is 0. The maximum atomic E-state index is 11.4. The Kier molecular flexibility index (Phi) is 2.17. The van der Waals surface area contributed by atoms with E-state index in [1.165, 1.54) is 13.3 Å². The lowest BCUT2D eigenvalue weighted by Crippen LogP contribution is -2.21. The number of H-pyrrole nitrogens is 1. The smallest absolute Gasteiger partial charge is 0.362 e. The van der Waals surface area contributed by atoms with Crippen molar-refractivity contribution in [3.05, 3.63) is 34.4 Å². The zero-order chi connectivity index (χ0) is 10.8. The third-order valence-electron chi connectivity index (χ3n) is 1.84. The number of methoxy groups -OCH3 is 1. The number of nitrogens with one attached hydrogen (secondary N) is 1. The fourth-order valence-electron chi connectivity index (χ4n) is 1.16. The molecule has 0 aliphatic rings. The second-order valence-corrected chi connectivity index (χ2v) is 2.78. The van der Waals surface area contributed by atoms with Gasteiger partial charge >= 0.3 is 5.97 Å². The number of carbonyl (C=O) groups is 1. The number of hydrogen-bond acceptors (Lipinski definition) is 5. The van der Waals surface area contributed by atoms with Crippen molar-refractivity contribution in [3.8, 4) is 0 Å². The van der Waals surface area contributed by atoms with Gasteiger partial charge in [-0.3, -0.25) is 4.79 Å². The van der Waals surface area contributed by atoms with Gasteiger partial charge in [0.1, 0.15) is 5.52 Å². The van der Waals surface area contributed by atoms with Crippen molar-refractivity contribution in [2.75, 3.05) is 7.11 Å². The highest BCUT2D eigenvalue weighted by Gasteiger charge is 2.13. The average Bonchev–Trinajstić information content (AvgIpc) is 2.27. The Morgan fingerprint density at radius 1 is 1.53 bits per heavy atom.